The van der Waals surface area contributed by atoms with Gasteiger partial charge >= 0.3 is 0 Å². The van der Waals surface area contributed by atoms with Crippen molar-refractivity contribution >= 4 is 5.91 Å². The molecule has 3 heterocycles. The second-order valence-electron chi connectivity index (χ2n) is 5.29. The third-order valence-corrected chi connectivity index (χ3v) is 3.96. The summed E-state index contributed by atoms with van der Waals surface area (Å²) >= 11 is 0. The number of ether oxygens (including phenoxy) is 1. The van der Waals surface area contributed by atoms with Crippen LogP contribution in [0, 0.1) is 0 Å². The van der Waals surface area contributed by atoms with E-state index in [1.165, 1.54) is 0 Å². The van der Waals surface area contributed by atoms with Gasteiger partial charge in [0.15, 0.2) is 0 Å². The molecule has 0 fully saturated rings. The highest BCUT2D eigenvalue weighted by atomic mass is 16.5. The summed E-state index contributed by atoms with van der Waals surface area (Å²) in [5, 5.41) is 10.2. The molecule has 0 radical (unpaired) electrons. The number of fused-ring (bicyclic) bond motifs is 1. The molecule has 23 heavy (non-hydrogen) atoms. The van der Waals surface area contributed by atoms with Gasteiger partial charge in [0.1, 0.15) is 11.4 Å². The first-order valence-corrected chi connectivity index (χ1v) is 7.21. The minimum atomic E-state index is -0.258. The lowest BCUT2D eigenvalue weighted by molar-refractivity contribution is 0.0955. The highest BCUT2D eigenvalue weighted by Crippen LogP contribution is 2.37. The molecule has 0 spiro atoms. The van der Waals surface area contributed by atoms with Crippen LogP contribution in [0.2, 0.25) is 0 Å². The predicted molar refractivity (Wildman–Crippen MR) is 84.1 cm³/mol. The van der Waals surface area contributed by atoms with Gasteiger partial charge in [-0.2, -0.15) is 5.10 Å². The maximum Gasteiger partial charge on any atom is 0.270 e. The second kappa shape index (κ2) is 5.24. The zero-order chi connectivity index (χ0) is 15.8. The van der Waals surface area contributed by atoms with Gasteiger partial charge in [-0.05, 0) is 23.8 Å². The van der Waals surface area contributed by atoms with E-state index >= 15 is 0 Å². The van der Waals surface area contributed by atoms with Crippen LogP contribution in [0.3, 0.4) is 0 Å². The third kappa shape index (κ3) is 2.15. The summed E-state index contributed by atoms with van der Waals surface area (Å²) in [4.78, 5) is 16.3. The molecule has 1 amide bonds. The van der Waals surface area contributed by atoms with Crippen molar-refractivity contribution in [1.82, 2.24) is 20.5 Å². The maximum atomic E-state index is 12.2. The molecule has 4 rings (SSSR count). The first kappa shape index (κ1) is 13.5. The normalized spacial score (nSPS) is 16.0. The largest absolute Gasteiger partial charge is 0.497 e. The molecule has 0 saturated carbocycles. The Morgan fingerprint density at radius 2 is 2.13 bits per heavy atom. The van der Waals surface area contributed by atoms with Crippen LogP contribution in [0.15, 0.2) is 48.8 Å². The Morgan fingerprint density at radius 3 is 2.91 bits per heavy atom. The van der Waals surface area contributed by atoms with Crippen molar-refractivity contribution in [2.45, 2.75) is 6.04 Å². The fourth-order valence-corrected chi connectivity index (χ4v) is 2.87. The topological polar surface area (TPSA) is 79.9 Å². The summed E-state index contributed by atoms with van der Waals surface area (Å²) in [6.07, 6.45) is 3.46. The first-order chi connectivity index (χ1) is 11.3. The number of rotatable bonds is 3. The van der Waals surface area contributed by atoms with Crippen LogP contribution in [-0.2, 0) is 0 Å². The molecular weight excluding hydrogens is 292 g/mol. The van der Waals surface area contributed by atoms with Crippen molar-refractivity contribution in [3.8, 4) is 17.0 Å². The highest BCUT2D eigenvalue weighted by Gasteiger charge is 2.35. The smallest absolute Gasteiger partial charge is 0.270 e. The lowest BCUT2D eigenvalue weighted by Gasteiger charge is -2.13. The molecule has 6 heteroatoms. The van der Waals surface area contributed by atoms with Crippen molar-refractivity contribution < 1.29 is 9.53 Å². The van der Waals surface area contributed by atoms with E-state index in [1.54, 1.807) is 19.5 Å². The number of hydrogen-bond acceptors (Lipinski definition) is 4. The second-order valence-corrected chi connectivity index (χ2v) is 5.29. The van der Waals surface area contributed by atoms with E-state index in [2.05, 4.69) is 20.5 Å². The molecule has 1 aliphatic heterocycles. The number of methoxy groups -OCH3 is 1. The summed E-state index contributed by atoms with van der Waals surface area (Å²) in [6, 6.07) is 11.2. The van der Waals surface area contributed by atoms with Crippen molar-refractivity contribution in [3.05, 3.63) is 65.6 Å². The minimum Gasteiger partial charge on any atom is -0.497 e. The maximum absolute atomic E-state index is 12.2. The van der Waals surface area contributed by atoms with Crippen LogP contribution < -0.4 is 10.1 Å². The molecule has 114 valence electrons. The Bertz CT molecular complexity index is 873. The number of benzene rings is 1. The summed E-state index contributed by atoms with van der Waals surface area (Å²) in [5.41, 5.74) is 3.90. The standard InChI is InChI=1S/C17H14N4O2/c1-23-12-6-2-4-10(8-12)15-13-14(11-5-3-7-18-9-11)19-17(22)16(13)21-20-15/h2-9,14H,1H3,(H,19,22)(H,20,21)/t14-/m1/s1. The van der Waals surface area contributed by atoms with E-state index in [-0.39, 0.29) is 11.9 Å². The number of aromatic nitrogens is 3. The van der Waals surface area contributed by atoms with Crippen molar-refractivity contribution in [3.63, 3.8) is 0 Å². The number of aromatic amines is 1. The Kier molecular flexibility index (Phi) is 3.08. The fourth-order valence-electron chi connectivity index (χ4n) is 2.87. The predicted octanol–water partition coefficient (Wildman–Crippen LogP) is 2.31. The number of hydrogen-bond donors (Lipinski definition) is 2. The molecule has 0 aliphatic carbocycles. The van der Waals surface area contributed by atoms with Crippen LogP contribution in [0.1, 0.15) is 27.7 Å². The molecule has 0 bridgehead atoms. The van der Waals surface area contributed by atoms with Crippen LogP contribution >= 0.6 is 0 Å². The molecule has 2 N–H and O–H groups in total. The number of amides is 1. The number of pyridine rings is 1. The van der Waals surface area contributed by atoms with Gasteiger partial charge in [0.25, 0.3) is 5.91 Å². The molecule has 1 aromatic carbocycles. The van der Waals surface area contributed by atoms with Crippen LogP contribution in [0.4, 0.5) is 0 Å². The zero-order valence-electron chi connectivity index (χ0n) is 12.4. The van der Waals surface area contributed by atoms with E-state index in [1.807, 2.05) is 36.4 Å². The summed E-state index contributed by atoms with van der Waals surface area (Å²) < 4.78 is 5.27. The number of nitrogens with one attached hydrogen (secondary N) is 2. The summed E-state index contributed by atoms with van der Waals surface area (Å²) in [6.45, 7) is 0. The van der Waals surface area contributed by atoms with Crippen molar-refractivity contribution in [2.24, 2.45) is 0 Å². The van der Waals surface area contributed by atoms with E-state index in [9.17, 15) is 4.79 Å². The van der Waals surface area contributed by atoms with E-state index in [4.69, 9.17) is 4.74 Å². The van der Waals surface area contributed by atoms with E-state index in [0.29, 0.717) is 5.69 Å². The minimum absolute atomic E-state index is 0.157. The van der Waals surface area contributed by atoms with E-state index < -0.39 is 0 Å². The molecule has 0 unspecified atom stereocenters. The lowest BCUT2D eigenvalue weighted by atomic mass is 9.98. The molecule has 3 aromatic rings. The van der Waals surface area contributed by atoms with Gasteiger partial charge in [0, 0.05) is 23.5 Å². The average molecular weight is 306 g/mol. The monoisotopic (exact) mass is 306 g/mol. The van der Waals surface area contributed by atoms with Gasteiger partial charge in [-0.25, -0.2) is 0 Å². The number of nitrogens with zero attached hydrogens (tertiary/aromatic N) is 2. The molecule has 0 saturated heterocycles. The lowest BCUT2D eigenvalue weighted by Crippen LogP contribution is -2.21. The molecule has 1 atom stereocenters. The fraction of sp³-hybridized carbons (Fsp3) is 0.118. The molecule has 2 aromatic heterocycles. The van der Waals surface area contributed by atoms with Gasteiger partial charge in [0.05, 0.1) is 18.8 Å². The van der Waals surface area contributed by atoms with Gasteiger partial charge < -0.3 is 10.1 Å². The molecular formula is C17H14N4O2. The van der Waals surface area contributed by atoms with Crippen LogP contribution in [0.25, 0.3) is 11.3 Å². The third-order valence-electron chi connectivity index (χ3n) is 3.96. The Hall–Kier alpha value is -3.15. The van der Waals surface area contributed by atoms with Gasteiger partial charge in [-0.1, -0.05) is 18.2 Å². The summed E-state index contributed by atoms with van der Waals surface area (Å²) in [5.74, 6) is 0.588. The van der Waals surface area contributed by atoms with Crippen molar-refractivity contribution in [2.75, 3.05) is 7.11 Å². The van der Waals surface area contributed by atoms with Crippen molar-refractivity contribution in [1.29, 1.82) is 0 Å². The molecule has 1 aliphatic rings. The van der Waals surface area contributed by atoms with Gasteiger partial charge in [-0.3, -0.25) is 14.9 Å². The van der Waals surface area contributed by atoms with E-state index in [0.717, 1.165) is 28.1 Å². The van der Waals surface area contributed by atoms with Crippen LogP contribution in [-0.4, -0.2) is 28.2 Å². The Balaban J connectivity index is 1.86. The van der Waals surface area contributed by atoms with Gasteiger partial charge in [0.2, 0.25) is 0 Å². The Labute approximate surface area is 132 Å². The molecule has 6 nitrogen and oxygen atoms in total. The first-order valence-electron chi connectivity index (χ1n) is 7.21. The Morgan fingerprint density at radius 1 is 1.22 bits per heavy atom. The highest BCUT2D eigenvalue weighted by molar-refractivity contribution is 6.00. The van der Waals surface area contributed by atoms with Crippen LogP contribution in [0.5, 0.6) is 5.75 Å². The number of carbonyl (C=O) groups is 1. The number of H-pyrrole nitrogens is 1. The van der Waals surface area contributed by atoms with Gasteiger partial charge in [-0.15, -0.1) is 0 Å². The SMILES string of the molecule is COc1cccc(-c2n[nH]c3c2[C@@H](c2cccnc2)NC3=O)c1. The quantitative estimate of drug-likeness (QED) is 0.778. The zero-order valence-corrected chi connectivity index (χ0v) is 12.4. The summed E-state index contributed by atoms with van der Waals surface area (Å²) in [7, 11) is 1.62. The number of carbonyl (C=O) groups excluding carboxylic acids is 1. The average Bonchev–Trinajstić information content (AvgIpc) is 3.17.